The number of hydrogen-bond donors (Lipinski definition) is 2. The van der Waals surface area contributed by atoms with Gasteiger partial charge in [-0.15, -0.1) is 11.3 Å². The first-order valence-electron chi connectivity index (χ1n) is 6.84. The number of nitrogens with one attached hydrogen (secondary N) is 1. The van der Waals surface area contributed by atoms with Gasteiger partial charge in [-0.05, 0) is 13.0 Å². The van der Waals surface area contributed by atoms with E-state index in [-0.39, 0.29) is 28.5 Å². The van der Waals surface area contributed by atoms with E-state index in [1.54, 1.807) is 13.0 Å². The number of anilines is 1. The van der Waals surface area contributed by atoms with Crippen LogP contribution in [0.4, 0.5) is 5.69 Å². The summed E-state index contributed by atoms with van der Waals surface area (Å²) in [5, 5.41) is 3.12. The normalized spacial score (nSPS) is 16.6. The van der Waals surface area contributed by atoms with E-state index in [4.69, 9.17) is 22.1 Å². The highest BCUT2D eigenvalue weighted by Crippen LogP contribution is 2.48. The van der Waals surface area contributed by atoms with Crippen LogP contribution in [-0.4, -0.2) is 18.5 Å². The summed E-state index contributed by atoms with van der Waals surface area (Å²) in [6, 6.07) is 7.31. The molecular weight excluding hydrogens is 356 g/mol. The number of amides is 1. The summed E-state index contributed by atoms with van der Waals surface area (Å²) < 4.78 is 5.68. The molecule has 3 rings (SSSR count). The van der Waals surface area contributed by atoms with Crippen molar-refractivity contribution in [1.29, 1.82) is 0 Å². The van der Waals surface area contributed by atoms with Crippen molar-refractivity contribution in [3.05, 3.63) is 45.3 Å². The lowest BCUT2D eigenvalue weighted by atomic mass is 10.2. The molecule has 0 saturated carbocycles. The number of hydrogen-bond acceptors (Lipinski definition) is 6. The number of halogens is 1. The number of nitrogen functional groups attached to an aromatic ring is 1. The van der Waals surface area contributed by atoms with Gasteiger partial charge in [0.2, 0.25) is 0 Å². The second-order valence-corrected chi connectivity index (χ2v) is 7.52. The van der Waals surface area contributed by atoms with E-state index in [1.807, 2.05) is 18.2 Å². The molecule has 1 unspecified atom stereocenters. The third-order valence-corrected chi connectivity index (χ3v) is 6.16. The summed E-state index contributed by atoms with van der Waals surface area (Å²) >= 11 is 8.79. The van der Waals surface area contributed by atoms with Crippen LogP contribution in [0.15, 0.2) is 28.5 Å². The SMILES string of the molecule is CCOC(=O)c1sc2c(c1N)C(=O)NC(c1ccccc1Cl)S2. The van der Waals surface area contributed by atoms with Crippen LogP contribution in [0.5, 0.6) is 0 Å². The fourth-order valence-corrected chi connectivity index (χ4v) is 5.14. The molecule has 8 heteroatoms. The maximum atomic E-state index is 12.4. The molecule has 1 amide bonds. The van der Waals surface area contributed by atoms with E-state index in [0.29, 0.717) is 14.8 Å². The zero-order chi connectivity index (χ0) is 16.6. The highest BCUT2D eigenvalue weighted by Gasteiger charge is 2.34. The van der Waals surface area contributed by atoms with Gasteiger partial charge in [0.15, 0.2) is 0 Å². The van der Waals surface area contributed by atoms with Crippen LogP contribution in [0.25, 0.3) is 0 Å². The van der Waals surface area contributed by atoms with Gasteiger partial charge in [0.05, 0.1) is 22.1 Å². The average Bonchev–Trinajstić information content (AvgIpc) is 2.85. The predicted molar refractivity (Wildman–Crippen MR) is 92.2 cm³/mol. The molecule has 1 aromatic heterocycles. The minimum Gasteiger partial charge on any atom is -0.462 e. The molecule has 1 aliphatic rings. The van der Waals surface area contributed by atoms with Gasteiger partial charge in [-0.1, -0.05) is 41.6 Å². The molecule has 2 aromatic rings. The molecule has 1 aromatic carbocycles. The van der Waals surface area contributed by atoms with Crippen molar-refractivity contribution in [3.8, 4) is 0 Å². The lowest BCUT2D eigenvalue weighted by Gasteiger charge is -2.24. The Morgan fingerprint density at radius 2 is 2.17 bits per heavy atom. The standard InChI is InChI=1S/C15H13ClN2O3S2/c1-2-21-14(20)11-10(17)9-12(19)18-13(23-15(9)22-11)7-5-3-4-6-8(7)16/h3-6,13H,2,17H2,1H3,(H,18,19). The van der Waals surface area contributed by atoms with Crippen LogP contribution in [0.3, 0.4) is 0 Å². The molecule has 0 fully saturated rings. The number of esters is 1. The Balaban J connectivity index is 1.98. The highest BCUT2D eigenvalue weighted by molar-refractivity contribution is 8.01. The number of carbonyl (C=O) groups excluding carboxylic acids is 2. The Labute approximate surface area is 146 Å². The maximum absolute atomic E-state index is 12.4. The van der Waals surface area contributed by atoms with Crippen molar-refractivity contribution in [2.45, 2.75) is 16.5 Å². The van der Waals surface area contributed by atoms with Crippen LogP contribution in [0.1, 0.15) is 37.9 Å². The quantitative estimate of drug-likeness (QED) is 0.807. The summed E-state index contributed by atoms with van der Waals surface area (Å²) in [6.07, 6.45) is 0. The number of thioether (sulfide) groups is 1. The minimum atomic E-state index is -0.507. The Kier molecular flexibility index (Phi) is 4.52. The molecule has 5 nitrogen and oxygen atoms in total. The Hall–Kier alpha value is -1.70. The van der Waals surface area contributed by atoms with Crippen molar-refractivity contribution in [1.82, 2.24) is 5.32 Å². The molecule has 0 bridgehead atoms. The number of benzene rings is 1. The first kappa shape index (κ1) is 16.2. The molecule has 0 saturated heterocycles. The van der Waals surface area contributed by atoms with Crippen molar-refractivity contribution in [2.24, 2.45) is 0 Å². The summed E-state index contributed by atoms with van der Waals surface area (Å²) in [5.41, 5.74) is 7.29. The van der Waals surface area contributed by atoms with Crippen LogP contribution < -0.4 is 11.1 Å². The van der Waals surface area contributed by atoms with Gasteiger partial charge in [0, 0.05) is 10.6 Å². The van der Waals surface area contributed by atoms with E-state index < -0.39 is 5.97 Å². The van der Waals surface area contributed by atoms with E-state index >= 15 is 0 Å². The van der Waals surface area contributed by atoms with Gasteiger partial charge in [0.1, 0.15) is 10.3 Å². The molecule has 1 aliphatic heterocycles. The maximum Gasteiger partial charge on any atom is 0.350 e. The van der Waals surface area contributed by atoms with Crippen molar-refractivity contribution in [3.63, 3.8) is 0 Å². The largest absolute Gasteiger partial charge is 0.462 e. The first-order valence-corrected chi connectivity index (χ1v) is 8.91. The monoisotopic (exact) mass is 368 g/mol. The van der Waals surface area contributed by atoms with Crippen LogP contribution in [-0.2, 0) is 4.74 Å². The molecule has 1 atom stereocenters. The highest BCUT2D eigenvalue weighted by atomic mass is 35.5. The van der Waals surface area contributed by atoms with Crippen molar-refractivity contribution >= 4 is 52.3 Å². The number of thiophene rings is 1. The van der Waals surface area contributed by atoms with Crippen molar-refractivity contribution in [2.75, 3.05) is 12.3 Å². The molecule has 2 heterocycles. The van der Waals surface area contributed by atoms with Gasteiger partial charge in [-0.3, -0.25) is 4.79 Å². The minimum absolute atomic E-state index is 0.172. The number of ether oxygens (including phenoxy) is 1. The van der Waals surface area contributed by atoms with E-state index in [9.17, 15) is 9.59 Å². The van der Waals surface area contributed by atoms with Gasteiger partial charge < -0.3 is 15.8 Å². The molecule has 0 radical (unpaired) electrons. The summed E-state index contributed by atoms with van der Waals surface area (Å²) in [4.78, 5) is 24.6. The fourth-order valence-electron chi connectivity index (χ4n) is 2.23. The second kappa shape index (κ2) is 6.43. The molecule has 0 spiro atoms. The molecular formula is C15H13ClN2O3S2. The summed E-state index contributed by atoms with van der Waals surface area (Å²) in [6.45, 7) is 1.97. The van der Waals surface area contributed by atoms with Crippen LogP contribution >= 0.6 is 34.7 Å². The second-order valence-electron chi connectivity index (χ2n) is 4.72. The van der Waals surface area contributed by atoms with E-state index in [1.165, 1.54) is 23.1 Å². The van der Waals surface area contributed by atoms with Gasteiger partial charge in [-0.2, -0.15) is 0 Å². The van der Waals surface area contributed by atoms with Gasteiger partial charge in [-0.25, -0.2) is 4.79 Å². The van der Waals surface area contributed by atoms with E-state index in [2.05, 4.69) is 5.32 Å². The number of carbonyl (C=O) groups is 2. The van der Waals surface area contributed by atoms with Crippen molar-refractivity contribution < 1.29 is 14.3 Å². The Morgan fingerprint density at radius 1 is 1.43 bits per heavy atom. The smallest absolute Gasteiger partial charge is 0.350 e. The Bertz CT molecular complexity index is 791. The molecule has 23 heavy (non-hydrogen) atoms. The summed E-state index contributed by atoms with van der Waals surface area (Å²) in [7, 11) is 0. The lowest BCUT2D eigenvalue weighted by molar-refractivity contribution is 0.0533. The van der Waals surface area contributed by atoms with Crippen LogP contribution in [0, 0.1) is 0 Å². The zero-order valence-corrected chi connectivity index (χ0v) is 14.5. The lowest BCUT2D eigenvalue weighted by Crippen LogP contribution is -2.30. The predicted octanol–water partition coefficient (Wildman–Crippen LogP) is 3.69. The summed E-state index contributed by atoms with van der Waals surface area (Å²) in [5.74, 6) is -0.819. The number of rotatable bonds is 3. The number of fused-ring (bicyclic) bond motifs is 1. The van der Waals surface area contributed by atoms with E-state index in [0.717, 1.165) is 5.56 Å². The molecule has 3 N–H and O–H groups in total. The zero-order valence-electron chi connectivity index (χ0n) is 12.1. The average molecular weight is 369 g/mol. The van der Waals surface area contributed by atoms with Gasteiger partial charge in [0.25, 0.3) is 5.91 Å². The first-order chi connectivity index (χ1) is 11.0. The third-order valence-electron chi connectivity index (χ3n) is 3.28. The molecule has 0 aliphatic carbocycles. The Morgan fingerprint density at radius 3 is 2.87 bits per heavy atom. The molecule has 120 valence electrons. The topological polar surface area (TPSA) is 81.4 Å². The third kappa shape index (κ3) is 2.91. The van der Waals surface area contributed by atoms with Gasteiger partial charge >= 0.3 is 5.97 Å². The number of nitrogens with two attached hydrogens (primary N) is 1. The van der Waals surface area contributed by atoms with Crippen LogP contribution in [0.2, 0.25) is 5.02 Å². The fraction of sp³-hybridized carbons (Fsp3) is 0.200.